The molecule has 0 aliphatic rings. The normalized spacial score (nSPS) is 10.3. The molecule has 0 unspecified atom stereocenters. The van der Waals surface area contributed by atoms with Crippen LogP contribution in [-0.2, 0) is 0 Å². The molecule has 4 heteroatoms. The van der Waals surface area contributed by atoms with Gasteiger partial charge in [-0.05, 0) is 52.9 Å². The predicted molar refractivity (Wildman–Crippen MR) is 72.4 cm³/mol. The zero-order valence-corrected chi connectivity index (χ0v) is 11.2. The van der Waals surface area contributed by atoms with E-state index in [2.05, 4.69) is 27.6 Å². The minimum absolute atomic E-state index is 0.622. The fourth-order valence-electron chi connectivity index (χ4n) is 1.26. The van der Waals surface area contributed by atoms with Crippen LogP contribution in [0, 0.1) is 3.70 Å². The Kier molecular flexibility index (Phi) is 3.49. The average Bonchev–Trinajstić information content (AvgIpc) is 2.17. The van der Waals surface area contributed by atoms with E-state index in [0.717, 1.165) is 15.0 Å². The molecule has 0 atom stereocenters. The van der Waals surface area contributed by atoms with Gasteiger partial charge in [0.1, 0.15) is 3.70 Å². The summed E-state index contributed by atoms with van der Waals surface area (Å²) in [6, 6.07) is 11.2. The summed E-state index contributed by atoms with van der Waals surface area (Å²) in [5.41, 5.74) is 1.77. The van der Waals surface area contributed by atoms with E-state index >= 15 is 0 Å². The lowest BCUT2D eigenvalue weighted by Gasteiger charge is -2.04. The maximum atomic E-state index is 6.09. The number of aromatic nitrogens is 1. The minimum Gasteiger partial charge on any atom is -0.242 e. The van der Waals surface area contributed by atoms with Gasteiger partial charge in [-0.25, -0.2) is 4.98 Å². The molecule has 0 aliphatic carbocycles. The molecule has 0 fully saturated rings. The van der Waals surface area contributed by atoms with Crippen molar-refractivity contribution in [2.24, 2.45) is 0 Å². The van der Waals surface area contributed by atoms with Crippen molar-refractivity contribution in [2.75, 3.05) is 0 Å². The molecule has 0 saturated carbocycles. The van der Waals surface area contributed by atoms with Crippen LogP contribution >= 0.6 is 45.8 Å². The summed E-state index contributed by atoms with van der Waals surface area (Å²) in [7, 11) is 0. The number of hydrogen-bond donors (Lipinski definition) is 0. The lowest BCUT2D eigenvalue weighted by Crippen LogP contribution is -1.86. The Bertz CT molecular complexity index is 500. The molecule has 76 valence electrons. The SMILES string of the molecule is Clc1ccc(-c2cccc(I)n2)c(Cl)c1. The van der Waals surface area contributed by atoms with Gasteiger partial charge >= 0.3 is 0 Å². The van der Waals surface area contributed by atoms with Gasteiger partial charge in [0.25, 0.3) is 0 Å². The molecule has 1 nitrogen and oxygen atoms in total. The maximum absolute atomic E-state index is 6.09. The molecule has 15 heavy (non-hydrogen) atoms. The van der Waals surface area contributed by atoms with Crippen molar-refractivity contribution in [3.8, 4) is 11.3 Å². The molecule has 1 aromatic heterocycles. The lowest BCUT2D eigenvalue weighted by molar-refractivity contribution is 1.27. The highest BCUT2D eigenvalue weighted by Gasteiger charge is 2.05. The Hall–Kier alpha value is -0.320. The van der Waals surface area contributed by atoms with Crippen molar-refractivity contribution in [3.63, 3.8) is 0 Å². The zero-order chi connectivity index (χ0) is 10.8. The van der Waals surface area contributed by atoms with Gasteiger partial charge in [-0.1, -0.05) is 29.3 Å². The summed E-state index contributed by atoms with van der Waals surface area (Å²) in [4.78, 5) is 4.39. The van der Waals surface area contributed by atoms with Crippen molar-refractivity contribution in [1.29, 1.82) is 0 Å². The second-order valence-electron chi connectivity index (χ2n) is 2.97. The summed E-state index contributed by atoms with van der Waals surface area (Å²) in [6.45, 7) is 0. The van der Waals surface area contributed by atoms with Crippen molar-refractivity contribution in [3.05, 3.63) is 50.1 Å². The lowest BCUT2D eigenvalue weighted by atomic mass is 10.1. The van der Waals surface area contributed by atoms with E-state index in [1.807, 2.05) is 30.3 Å². The van der Waals surface area contributed by atoms with Crippen LogP contribution in [-0.4, -0.2) is 4.98 Å². The molecule has 2 rings (SSSR count). The highest BCUT2D eigenvalue weighted by atomic mass is 127. The van der Waals surface area contributed by atoms with Crippen molar-refractivity contribution in [2.45, 2.75) is 0 Å². The van der Waals surface area contributed by atoms with Crippen LogP contribution < -0.4 is 0 Å². The molecule has 0 N–H and O–H groups in total. The van der Waals surface area contributed by atoms with Crippen LogP contribution in [0.1, 0.15) is 0 Å². The van der Waals surface area contributed by atoms with E-state index < -0.39 is 0 Å². The number of pyridine rings is 1. The van der Waals surface area contributed by atoms with E-state index in [4.69, 9.17) is 23.2 Å². The van der Waals surface area contributed by atoms with Gasteiger partial charge in [0.15, 0.2) is 0 Å². The summed E-state index contributed by atoms with van der Waals surface area (Å²) >= 11 is 14.1. The van der Waals surface area contributed by atoms with Crippen molar-refractivity contribution < 1.29 is 0 Å². The average molecular weight is 350 g/mol. The van der Waals surface area contributed by atoms with E-state index in [-0.39, 0.29) is 0 Å². The van der Waals surface area contributed by atoms with Crippen LogP contribution in [0.5, 0.6) is 0 Å². The number of halogens is 3. The Balaban J connectivity index is 2.54. The first-order chi connectivity index (χ1) is 7.16. The molecular weight excluding hydrogens is 344 g/mol. The highest BCUT2D eigenvalue weighted by molar-refractivity contribution is 14.1. The Labute approximate surface area is 112 Å². The summed E-state index contributed by atoms with van der Waals surface area (Å²) < 4.78 is 0.941. The standard InChI is InChI=1S/C11H6Cl2IN/c12-7-4-5-8(9(13)6-7)10-2-1-3-11(14)15-10/h1-6H. The van der Waals surface area contributed by atoms with Gasteiger partial charge < -0.3 is 0 Å². The van der Waals surface area contributed by atoms with E-state index in [9.17, 15) is 0 Å². The van der Waals surface area contributed by atoms with Crippen molar-refractivity contribution in [1.82, 2.24) is 4.98 Å². The number of benzene rings is 1. The third-order valence-corrected chi connectivity index (χ3v) is 3.07. The molecule has 1 aromatic carbocycles. The van der Waals surface area contributed by atoms with Gasteiger partial charge in [0, 0.05) is 10.6 Å². The van der Waals surface area contributed by atoms with Gasteiger partial charge in [-0.2, -0.15) is 0 Å². The molecule has 0 aliphatic heterocycles. The molecule has 0 amide bonds. The highest BCUT2D eigenvalue weighted by Crippen LogP contribution is 2.29. The molecule has 0 spiro atoms. The summed E-state index contributed by atoms with van der Waals surface area (Å²) in [5.74, 6) is 0. The van der Waals surface area contributed by atoms with Crippen LogP contribution in [0.15, 0.2) is 36.4 Å². The van der Waals surface area contributed by atoms with Crippen LogP contribution in [0.2, 0.25) is 10.0 Å². The van der Waals surface area contributed by atoms with Crippen LogP contribution in [0.3, 0.4) is 0 Å². The van der Waals surface area contributed by atoms with Gasteiger partial charge in [0.05, 0.1) is 10.7 Å². The first kappa shape index (κ1) is 11.2. The third-order valence-electron chi connectivity index (χ3n) is 1.92. The van der Waals surface area contributed by atoms with Gasteiger partial charge in [-0.15, -0.1) is 0 Å². The number of nitrogens with zero attached hydrogens (tertiary/aromatic N) is 1. The van der Waals surface area contributed by atoms with Crippen molar-refractivity contribution >= 4 is 45.8 Å². The summed E-state index contributed by atoms with van der Waals surface area (Å²) in [6.07, 6.45) is 0. The van der Waals surface area contributed by atoms with Gasteiger partial charge in [0.2, 0.25) is 0 Å². The summed E-state index contributed by atoms with van der Waals surface area (Å²) in [5, 5.41) is 1.26. The van der Waals surface area contributed by atoms with E-state index in [1.165, 1.54) is 0 Å². The smallest absolute Gasteiger partial charge is 0.102 e. The fourth-order valence-corrected chi connectivity index (χ4v) is 2.23. The third kappa shape index (κ3) is 2.62. The topological polar surface area (TPSA) is 12.9 Å². The molecule has 0 bridgehead atoms. The van der Waals surface area contributed by atoms with Crippen LogP contribution in [0.4, 0.5) is 0 Å². The first-order valence-corrected chi connectivity index (χ1v) is 6.08. The van der Waals surface area contributed by atoms with E-state index in [1.54, 1.807) is 6.07 Å². The molecule has 2 aromatic rings. The molecule has 0 saturated heterocycles. The second kappa shape index (κ2) is 4.68. The molecule has 0 radical (unpaired) electrons. The first-order valence-electron chi connectivity index (χ1n) is 4.25. The Morgan fingerprint density at radius 3 is 2.53 bits per heavy atom. The van der Waals surface area contributed by atoms with E-state index in [0.29, 0.717) is 10.0 Å². The quantitative estimate of drug-likeness (QED) is 0.539. The Morgan fingerprint density at radius 2 is 1.87 bits per heavy atom. The van der Waals surface area contributed by atoms with Crippen LogP contribution in [0.25, 0.3) is 11.3 Å². The zero-order valence-electron chi connectivity index (χ0n) is 7.55. The van der Waals surface area contributed by atoms with Gasteiger partial charge in [-0.3, -0.25) is 0 Å². The maximum Gasteiger partial charge on any atom is 0.102 e. The largest absolute Gasteiger partial charge is 0.242 e. The number of rotatable bonds is 1. The molecular formula is C11H6Cl2IN. The second-order valence-corrected chi connectivity index (χ2v) is 4.92. The monoisotopic (exact) mass is 349 g/mol. The molecule has 1 heterocycles. The minimum atomic E-state index is 0.622. The fraction of sp³-hybridized carbons (Fsp3) is 0. The Morgan fingerprint density at radius 1 is 1.07 bits per heavy atom. The predicted octanol–water partition coefficient (Wildman–Crippen LogP) is 4.66. The number of hydrogen-bond acceptors (Lipinski definition) is 1.